The van der Waals surface area contributed by atoms with Crippen LogP contribution in [0.1, 0.15) is 82.2 Å². The van der Waals surface area contributed by atoms with Crippen molar-refractivity contribution in [3.8, 4) is 23.0 Å². The van der Waals surface area contributed by atoms with Crippen molar-refractivity contribution < 1.29 is 50.6 Å². The van der Waals surface area contributed by atoms with Crippen molar-refractivity contribution in [2.45, 2.75) is 96.6 Å². The van der Waals surface area contributed by atoms with Crippen molar-refractivity contribution in [3.63, 3.8) is 0 Å². The first-order valence-electron chi connectivity index (χ1n) is 21.2. The van der Waals surface area contributed by atoms with Gasteiger partial charge in [-0.1, -0.05) is 26.8 Å². The molecule has 1 aliphatic heterocycles. The minimum absolute atomic E-state index is 0.00477. The van der Waals surface area contributed by atoms with Gasteiger partial charge >= 0.3 is 5.97 Å². The van der Waals surface area contributed by atoms with Crippen LogP contribution in [0.3, 0.4) is 0 Å². The van der Waals surface area contributed by atoms with Crippen LogP contribution in [0.15, 0.2) is 64.9 Å². The molecule has 5 aromatic rings. The molecule has 0 bridgehead atoms. The molecule has 0 spiro atoms. The third kappa shape index (κ3) is 8.98. The monoisotopic (exact) mass is 915 g/mol. The van der Waals surface area contributed by atoms with Crippen LogP contribution in [0.25, 0.3) is 33.5 Å². The van der Waals surface area contributed by atoms with Gasteiger partial charge in [0.15, 0.2) is 17.3 Å². The van der Waals surface area contributed by atoms with Crippen molar-refractivity contribution >= 4 is 67.0 Å². The summed E-state index contributed by atoms with van der Waals surface area (Å²) in [6.45, 7) is 13.3. The molecule has 3 aromatic heterocycles. The highest BCUT2D eigenvalue weighted by Crippen LogP contribution is 2.57. The fraction of sp³-hybridized carbons (Fsp3) is 0.457. The molecule has 2 amide bonds. The molecular formula is C46H50FN5O10S2. The number of hydrogen-bond donors (Lipinski definition) is 1. The molecule has 2 aromatic carbocycles. The van der Waals surface area contributed by atoms with Gasteiger partial charge in [0.2, 0.25) is 27.4 Å². The number of nitrogens with one attached hydrogen (secondary N) is 1. The van der Waals surface area contributed by atoms with Gasteiger partial charge in [0, 0.05) is 41.5 Å². The molecule has 1 N–H and O–H groups in total. The Morgan fingerprint density at radius 3 is 2.47 bits per heavy atom. The summed E-state index contributed by atoms with van der Waals surface area (Å²) in [5, 5.41) is 1.82. The van der Waals surface area contributed by atoms with E-state index in [0.29, 0.717) is 40.1 Å². The quantitative estimate of drug-likeness (QED) is 0.0770. The molecule has 3 aliphatic rings. The van der Waals surface area contributed by atoms with Crippen LogP contribution >= 0.6 is 11.3 Å². The number of allylic oxidation sites excluding steroid dienone is 1. The number of nitrogens with zero attached hydrogens (tertiary/aromatic N) is 4. The highest BCUT2D eigenvalue weighted by Gasteiger charge is 2.61. The zero-order valence-corrected chi connectivity index (χ0v) is 38.0. The van der Waals surface area contributed by atoms with Gasteiger partial charge in [0.25, 0.3) is 5.88 Å². The molecule has 5 atom stereocenters. The van der Waals surface area contributed by atoms with E-state index in [9.17, 15) is 27.2 Å². The number of thiazole rings is 1. The number of benzene rings is 2. The zero-order valence-electron chi connectivity index (χ0n) is 36.4. The fourth-order valence-electron chi connectivity index (χ4n) is 8.39. The SMILES string of the molecule is C=C[C@@H]1C[C@]1(CC(=O)[C@@H]1C[C@@H](Oc2nc(-c3ccc(OC(C)C)cc3)nc3c2oc2ccc(F)cc23)CN1C(=O)[C@@H](Cc1nc(C(=O)OC)cs1)C(C)(C)C)C(=O)NS(=O)(=O)C1CC1. The van der Waals surface area contributed by atoms with Crippen LogP contribution in [-0.2, 0) is 35.6 Å². The molecule has 1 saturated heterocycles. The number of esters is 1. The molecule has 8 rings (SSSR count). The number of sulfonamides is 1. The van der Waals surface area contributed by atoms with Crippen LogP contribution < -0.4 is 14.2 Å². The largest absolute Gasteiger partial charge is 0.491 e. The number of amides is 2. The summed E-state index contributed by atoms with van der Waals surface area (Å²) in [7, 11) is -2.66. The molecule has 18 heteroatoms. The highest BCUT2D eigenvalue weighted by atomic mass is 32.2. The zero-order chi connectivity index (χ0) is 45.9. The van der Waals surface area contributed by atoms with Crippen LogP contribution in [0, 0.1) is 28.5 Å². The smallest absolute Gasteiger partial charge is 0.357 e. The van der Waals surface area contributed by atoms with Gasteiger partial charge < -0.3 is 23.5 Å². The summed E-state index contributed by atoms with van der Waals surface area (Å²) in [6, 6.07) is 10.1. The van der Waals surface area contributed by atoms with E-state index < -0.39 is 73.6 Å². The lowest BCUT2D eigenvalue weighted by Crippen LogP contribution is -2.48. The van der Waals surface area contributed by atoms with E-state index in [1.54, 1.807) is 35.7 Å². The second-order valence-electron chi connectivity index (χ2n) is 18.2. The number of carbonyl (C=O) groups is 4. The molecular weight excluding hydrogens is 866 g/mol. The van der Waals surface area contributed by atoms with Gasteiger partial charge in [-0.25, -0.2) is 27.6 Å². The number of ether oxygens (including phenoxy) is 3. The van der Waals surface area contributed by atoms with Crippen LogP contribution in [-0.4, -0.2) is 89.0 Å². The van der Waals surface area contributed by atoms with Gasteiger partial charge in [-0.15, -0.1) is 17.9 Å². The van der Waals surface area contributed by atoms with Crippen molar-refractivity contribution in [1.82, 2.24) is 24.6 Å². The van der Waals surface area contributed by atoms with Crippen LogP contribution in [0.4, 0.5) is 4.39 Å². The first-order chi connectivity index (χ1) is 30.3. The summed E-state index contributed by atoms with van der Waals surface area (Å²) < 4.78 is 66.2. The molecule has 0 unspecified atom stereocenters. The number of furan rings is 1. The number of fused-ring (bicyclic) bond motifs is 3. The highest BCUT2D eigenvalue weighted by molar-refractivity contribution is 7.90. The van der Waals surface area contributed by atoms with Crippen molar-refractivity contribution in [1.29, 1.82) is 0 Å². The topological polar surface area (TPSA) is 197 Å². The van der Waals surface area contributed by atoms with Gasteiger partial charge in [0.05, 0.1) is 41.5 Å². The average Bonchev–Trinajstić information content (AvgIpc) is 4.08. The summed E-state index contributed by atoms with van der Waals surface area (Å²) in [5.74, 6) is -3.03. The Morgan fingerprint density at radius 1 is 1.09 bits per heavy atom. The second-order valence-corrected chi connectivity index (χ2v) is 21.1. The predicted octanol–water partition coefficient (Wildman–Crippen LogP) is 7.23. The minimum atomic E-state index is -3.92. The number of rotatable bonds is 16. The van der Waals surface area contributed by atoms with Crippen molar-refractivity contribution in [3.05, 3.63) is 77.0 Å². The Balaban J connectivity index is 1.15. The predicted molar refractivity (Wildman–Crippen MR) is 236 cm³/mol. The Morgan fingerprint density at radius 2 is 1.83 bits per heavy atom. The number of ketones is 1. The van der Waals surface area contributed by atoms with Crippen molar-refractivity contribution in [2.75, 3.05) is 13.7 Å². The maximum Gasteiger partial charge on any atom is 0.357 e. The lowest BCUT2D eigenvalue weighted by Gasteiger charge is -2.35. The standard InChI is InChI=1S/C46H50FN5O10S2/c1-8-26-20-46(26,44(56)51-64(57,58)30-14-15-30)21-35(53)34-18-29(22-52(34)42(54)32(45(4,5)6)19-37-48-33(23-63-37)43(55)59-7)61-41-39-38(31-17-27(47)11-16-36(31)62-39)49-40(50-41)25-9-12-28(13-10-25)60-24(2)3/h8-13,16-17,23-24,26,29-30,32,34H,1,14-15,18-22H2,2-7H3,(H,51,56)/t26-,29-,32-,34+,46-/m1/s1. The van der Waals surface area contributed by atoms with Crippen LogP contribution in [0.2, 0.25) is 0 Å². The maximum atomic E-state index is 15.0. The molecule has 2 aliphatic carbocycles. The number of methoxy groups -OCH3 is 1. The average molecular weight is 916 g/mol. The van der Waals surface area contributed by atoms with Crippen molar-refractivity contribution in [2.24, 2.45) is 22.7 Å². The van der Waals surface area contributed by atoms with Gasteiger partial charge in [-0.2, -0.15) is 4.98 Å². The van der Waals surface area contributed by atoms with E-state index in [1.165, 1.54) is 41.5 Å². The first-order valence-corrected chi connectivity index (χ1v) is 23.6. The Labute approximate surface area is 373 Å². The number of halogens is 1. The van der Waals surface area contributed by atoms with E-state index in [0.717, 1.165) is 0 Å². The van der Waals surface area contributed by atoms with Gasteiger partial charge in [0.1, 0.15) is 28.8 Å². The van der Waals surface area contributed by atoms with E-state index >= 15 is 4.79 Å². The third-order valence-corrected chi connectivity index (χ3v) is 14.8. The van der Waals surface area contributed by atoms with E-state index in [-0.39, 0.29) is 72.7 Å². The number of aromatic nitrogens is 3. The number of carbonyl (C=O) groups excluding carboxylic acids is 4. The summed E-state index contributed by atoms with van der Waals surface area (Å²) in [4.78, 5) is 71.3. The van der Waals surface area contributed by atoms with Crippen LogP contribution in [0.5, 0.6) is 11.6 Å². The molecule has 0 radical (unpaired) electrons. The minimum Gasteiger partial charge on any atom is -0.491 e. The van der Waals surface area contributed by atoms with Gasteiger partial charge in [-0.3, -0.25) is 19.1 Å². The summed E-state index contributed by atoms with van der Waals surface area (Å²) >= 11 is 1.21. The molecule has 64 heavy (non-hydrogen) atoms. The van der Waals surface area contributed by atoms with E-state index in [2.05, 4.69) is 16.3 Å². The Hall–Kier alpha value is -5.75. The Kier molecular flexibility index (Phi) is 11.9. The first kappa shape index (κ1) is 44.8. The molecule has 4 heterocycles. The van der Waals surface area contributed by atoms with E-state index in [1.807, 2.05) is 34.6 Å². The lowest BCUT2D eigenvalue weighted by molar-refractivity contribution is -0.144. The fourth-order valence-corrected chi connectivity index (χ4v) is 10.6. The number of hydrogen-bond acceptors (Lipinski definition) is 14. The molecule has 3 fully saturated rings. The Bertz CT molecular complexity index is 2780. The molecule has 338 valence electrons. The summed E-state index contributed by atoms with van der Waals surface area (Å²) in [5.41, 5.74) is -0.563. The lowest BCUT2D eigenvalue weighted by atomic mass is 9.77. The molecule has 15 nitrogen and oxygen atoms in total. The second kappa shape index (κ2) is 17.0. The van der Waals surface area contributed by atoms with E-state index in [4.69, 9.17) is 28.6 Å². The molecule has 2 saturated carbocycles. The normalized spacial score (nSPS) is 21.5. The summed E-state index contributed by atoms with van der Waals surface area (Å²) in [6.07, 6.45) is 1.54. The maximum absolute atomic E-state index is 15.0. The third-order valence-electron chi connectivity index (χ3n) is 12.2. The number of Topliss-reactive ketones (excluding diaryl/α,β-unsaturated/α-hetero) is 1. The van der Waals surface area contributed by atoms with Gasteiger partial charge in [-0.05, 0) is 86.9 Å². The number of likely N-dealkylation sites (tertiary alicyclic amines) is 1.